The van der Waals surface area contributed by atoms with Gasteiger partial charge in [0.2, 0.25) is 0 Å². The number of rotatable bonds is 12. The fraction of sp³-hybridized carbons (Fsp3) is 0.106. The van der Waals surface area contributed by atoms with E-state index in [9.17, 15) is 19.2 Å². The third-order valence-corrected chi connectivity index (χ3v) is 10.8. The molecule has 15 heteroatoms. The number of methoxy groups -OCH3 is 2. The predicted molar refractivity (Wildman–Crippen MR) is 242 cm³/mol. The molecule has 0 aliphatic carbocycles. The third kappa shape index (κ3) is 9.48. The molecule has 4 heterocycles. The molecule has 0 saturated heterocycles. The molecule has 2 amide bonds. The van der Waals surface area contributed by atoms with Gasteiger partial charge in [0.1, 0.15) is 22.5 Å². The van der Waals surface area contributed by atoms with Gasteiger partial charge in [-0.25, -0.2) is 4.98 Å². The molecule has 0 spiro atoms. The lowest BCUT2D eigenvalue weighted by Crippen LogP contribution is -2.24. The van der Waals surface area contributed by atoms with E-state index in [2.05, 4.69) is 20.6 Å². The van der Waals surface area contributed by atoms with Crippen molar-refractivity contribution in [2.45, 2.75) is 20.0 Å². The molecular formula is C47H37Cl3N6O6. The maximum Gasteiger partial charge on any atom is 0.298 e. The average Bonchev–Trinajstić information content (AvgIpc) is 3.72. The Kier molecular flexibility index (Phi) is 13.3. The third-order valence-electron chi connectivity index (χ3n) is 9.94. The summed E-state index contributed by atoms with van der Waals surface area (Å²) in [5.74, 6) is -1.44. The summed E-state index contributed by atoms with van der Waals surface area (Å²) in [7, 11) is 3.10. The number of nitrogens with zero attached hydrogens (tertiary/aromatic N) is 4. The molecule has 12 nitrogen and oxygen atoms in total. The van der Waals surface area contributed by atoms with Crippen molar-refractivity contribution in [1.82, 2.24) is 19.1 Å². The zero-order valence-corrected chi connectivity index (χ0v) is 35.8. The number of anilines is 2. The van der Waals surface area contributed by atoms with Gasteiger partial charge in [-0.3, -0.25) is 24.2 Å². The van der Waals surface area contributed by atoms with Crippen LogP contribution in [0, 0.1) is 6.92 Å². The highest BCUT2D eigenvalue weighted by Crippen LogP contribution is 2.35. The van der Waals surface area contributed by atoms with E-state index in [-0.39, 0.29) is 10.7 Å². The number of amides is 2. The minimum Gasteiger partial charge on any atom is -0.497 e. The number of nitrogens with one attached hydrogen (secondary N) is 2. The molecule has 0 atom stereocenters. The number of carbonyl (C=O) groups excluding carboxylic acids is 4. The summed E-state index contributed by atoms with van der Waals surface area (Å²) in [6, 6.07) is 34.1. The first-order chi connectivity index (χ1) is 29.9. The van der Waals surface area contributed by atoms with Crippen molar-refractivity contribution in [2.75, 3.05) is 24.9 Å². The van der Waals surface area contributed by atoms with Crippen LogP contribution in [0.2, 0.25) is 15.2 Å². The lowest BCUT2D eigenvalue weighted by Gasteiger charge is -2.09. The van der Waals surface area contributed by atoms with Gasteiger partial charge in [0, 0.05) is 57.5 Å². The molecule has 0 radical (unpaired) electrons. The van der Waals surface area contributed by atoms with Crippen molar-refractivity contribution in [3.63, 3.8) is 0 Å². The molecule has 0 aliphatic heterocycles. The number of ketones is 2. The molecule has 312 valence electrons. The Bertz CT molecular complexity index is 2740. The Labute approximate surface area is 371 Å². The molecule has 0 fully saturated rings. The quantitative estimate of drug-likeness (QED) is 0.0911. The van der Waals surface area contributed by atoms with Crippen molar-refractivity contribution in [2.24, 2.45) is 0 Å². The Morgan fingerprint density at radius 3 is 1.71 bits per heavy atom. The van der Waals surface area contributed by atoms with Crippen LogP contribution in [0.3, 0.4) is 0 Å². The summed E-state index contributed by atoms with van der Waals surface area (Å²) >= 11 is 18.6. The molecule has 62 heavy (non-hydrogen) atoms. The van der Waals surface area contributed by atoms with Crippen LogP contribution in [0.15, 0.2) is 134 Å². The van der Waals surface area contributed by atoms with E-state index in [4.69, 9.17) is 44.3 Å². The van der Waals surface area contributed by atoms with E-state index in [1.807, 2.05) is 66.1 Å². The van der Waals surface area contributed by atoms with Crippen LogP contribution in [0.4, 0.5) is 11.5 Å². The minimum absolute atomic E-state index is 0.117. The summed E-state index contributed by atoms with van der Waals surface area (Å²) in [4.78, 5) is 59.7. The first-order valence-electron chi connectivity index (χ1n) is 19.0. The number of pyridine rings is 2. The van der Waals surface area contributed by atoms with Gasteiger partial charge in [0.05, 0.1) is 42.7 Å². The monoisotopic (exact) mass is 886 g/mol. The fourth-order valence-corrected chi connectivity index (χ4v) is 7.48. The van der Waals surface area contributed by atoms with E-state index in [0.29, 0.717) is 73.7 Å². The number of hydrogen-bond donors (Lipinski definition) is 2. The molecule has 2 N–H and O–H groups in total. The Morgan fingerprint density at radius 2 is 1.16 bits per heavy atom. The number of benzene rings is 4. The molecule has 0 aliphatic rings. The number of aromatic nitrogens is 4. The lowest BCUT2D eigenvalue weighted by molar-refractivity contribution is -0.113. The van der Waals surface area contributed by atoms with E-state index in [1.54, 1.807) is 84.7 Å². The standard InChI is InChI=1S/C24H20ClN3O3.C23H17Cl2N3O3/c1-15-22(23(29)24(30)27-21-5-3-4-12-26-21)19-13-18(31-2)10-11-20(19)28(15)14-16-6-8-17(25)9-7-16;1-31-17-8-9-19-18(11-17)20(21(29)23(30)27-16-3-2-10-26-12-16)22(25)28(19)13-14-4-6-15(24)7-5-14/h3-13H,14H2,1-2H3,(H,26,27,30);2-12H,13H2,1H3,(H,27,30). The number of Topliss-reactive ketones (excluding diaryl/α,β-unsaturated/α-hetero) is 2. The van der Waals surface area contributed by atoms with Crippen LogP contribution in [-0.2, 0) is 22.7 Å². The zero-order valence-electron chi connectivity index (χ0n) is 33.5. The second-order valence-electron chi connectivity index (χ2n) is 13.8. The van der Waals surface area contributed by atoms with Crippen LogP contribution < -0.4 is 20.1 Å². The van der Waals surface area contributed by atoms with Gasteiger partial charge in [-0.1, -0.05) is 65.1 Å². The highest BCUT2D eigenvalue weighted by Gasteiger charge is 2.28. The van der Waals surface area contributed by atoms with Gasteiger partial charge >= 0.3 is 0 Å². The van der Waals surface area contributed by atoms with Crippen molar-refractivity contribution < 1.29 is 28.7 Å². The fourth-order valence-electron chi connectivity index (χ4n) is 6.88. The Hall–Kier alpha value is -6.99. The first kappa shape index (κ1) is 43.1. The van der Waals surface area contributed by atoms with E-state index < -0.39 is 23.4 Å². The molecule has 8 rings (SSSR count). The summed E-state index contributed by atoms with van der Waals surface area (Å²) in [6.07, 6.45) is 4.58. The number of ether oxygens (including phenoxy) is 2. The SMILES string of the molecule is COc1ccc2c(c1)c(C(=O)C(=O)Nc1ccccn1)c(C)n2Cc1ccc(Cl)cc1.COc1ccc2c(c1)c(C(=O)C(=O)Nc1cccnc1)c(Cl)n2Cc1ccc(Cl)cc1. The van der Waals surface area contributed by atoms with Gasteiger partial charge in [0.25, 0.3) is 23.4 Å². The Balaban J connectivity index is 0.000000186. The summed E-state index contributed by atoms with van der Waals surface area (Å²) in [6.45, 7) is 2.76. The number of halogens is 3. The second kappa shape index (κ2) is 19.2. The smallest absolute Gasteiger partial charge is 0.298 e. The number of fused-ring (bicyclic) bond motifs is 2. The van der Waals surface area contributed by atoms with Gasteiger partial charge in [-0.15, -0.1) is 0 Å². The Morgan fingerprint density at radius 1 is 0.613 bits per heavy atom. The van der Waals surface area contributed by atoms with Crippen LogP contribution >= 0.6 is 34.8 Å². The second-order valence-corrected chi connectivity index (χ2v) is 15.1. The summed E-state index contributed by atoms with van der Waals surface area (Å²) < 4.78 is 14.4. The van der Waals surface area contributed by atoms with Crippen LogP contribution in [-0.4, -0.2) is 56.7 Å². The van der Waals surface area contributed by atoms with Gasteiger partial charge in [0.15, 0.2) is 0 Å². The van der Waals surface area contributed by atoms with Crippen molar-refractivity contribution >= 4 is 91.5 Å². The van der Waals surface area contributed by atoms with Gasteiger partial charge in [-0.2, -0.15) is 0 Å². The van der Waals surface area contributed by atoms with Crippen LogP contribution in [0.1, 0.15) is 37.5 Å². The maximum absolute atomic E-state index is 13.2. The number of hydrogen-bond acceptors (Lipinski definition) is 8. The largest absolute Gasteiger partial charge is 0.497 e. The molecule has 8 aromatic rings. The van der Waals surface area contributed by atoms with Crippen LogP contribution in [0.5, 0.6) is 11.5 Å². The maximum atomic E-state index is 13.2. The lowest BCUT2D eigenvalue weighted by atomic mass is 10.1. The van der Waals surface area contributed by atoms with Crippen molar-refractivity contribution in [1.29, 1.82) is 0 Å². The first-order valence-corrected chi connectivity index (χ1v) is 20.1. The minimum atomic E-state index is -0.803. The highest BCUT2D eigenvalue weighted by atomic mass is 35.5. The topological polar surface area (TPSA) is 146 Å². The predicted octanol–water partition coefficient (Wildman–Crippen LogP) is 10.1. The van der Waals surface area contributed by atoms with Crippen molar-refractivity contribution in [3.05, 3.63) is 177 Å². The molecule has 0 saturated carbocycles. The van der Waals surface area contributed by atoms with Gasteiger partial charge in [-0.05, 0) is 103 Å². The zero-order chi connectivity index (χ0) is 43.9. The average molecular weight is 888 g/mol. The van der Waals surface area contributed by atoms with Crippen molar-refractivity contribution in [3.8, 4) is 11.5 Å². The van der Waals surface area contributed by atoms with Crippen LogP contribution in [0.25, 0.3) is 21.8 Å². The molecule has 0 unspecified atom stereocenters. The van der Waals surface area contributed by atoms with E-state index >= 15 is 0 Å². The van der Waals surface area contributed by atoms with E-state index in [1.165, 1.54) is 13.3 Å². The summed E-state index contributed by atoms with van der Waals surface area (Å²) in [5.41, 5.74) is 5.08. The highest BCUT2D eigenvalue weighted by molar-refractivity contribution is 6.52. The molecular weight excluding hydrogens is 851 g/mol. The van der Waals surface area contributed by atoms with E-state index in [0.717, 1.165) is 16.6 Å². The molecule has 4 aromatic heterocycles. The van der Waals surface area contributed by atoms with Gasteiger partial charge < -0.3 is 29.2 Å². The number of carbonyl (C=O) groups is 4. The summed E-state index contributed by atoms with van der Waals surface area (Å²) in [5, 5.41) is 7.78. The molecule has 4 aromatic carbocycles. The molecule has 0 bridgehead atoms. The normalized spacial score (nSPS) is 10.8.